The summed E-state index contributed by atoms with van der Waals surface area (Å²) in [6, 6.07) is 19.0. The van der Waals surface area contributed by atoms with Crippen molar-refractivity contribution in [1.29, 1.82) is 0 Å². The van der Waals surface area contributed by atoms with Gasteiger partial charge in [0, 0.05) is 22.8 Å². The number of carbonyl (C=O) groups is 1. The standard InChI is InChI=1S/C23H19ClN2O5S/c1-30-21-12-16(23-25(22(27)14-32-23)18-9-5-17(24)6-10-18)4-11-20(21)31-13-15-2-7-19(8-3-15)26(28)29/h2-12,23H,13-14H2,1H3/t23-/m1/s1. The molecule has 1 atom stereocenters. The molecule has 1 fully saturated rings. The Morgan fingerprint density at radius 3 is 2.47 bits per heavy atom. The van der Waals surface area contributed by atoms with E-state index in [0.29, 0.717) is 22.3 Å². The van der Waals surface area contributed by atoms with E-state index in [-0.39, 0.29) is 23.6 Å². The van der Waals surface area contributed by atoms with Crippen LogP contribution >= 0.6 is 23.4 Å². The number of nitro benzene ring substituents is 1. The average Bonchev–Trinajstić information content (AvgIpc) is 3.19. The van der Waals surface area contributed by atoms with Gasteiger partial charge in [0.15, 0.2) is 11.5 Å². The summed E-state index contributed by atoms with van der Waals surface area (Å²) in [5, 5.41) is 11.2. The average molecular weight is 471 g/mol. The van der Waals surface area contributed by atoms with E-state index in [4.69, 9.17) is 21.1 Å². The highest BCUT2D eigenvalue weighted by molar-refractivity contribution is 8.00. The second kappa shape index (κ2) is 9.50. The Kier molecular flexibility index (Phi) is 6.53. The van der Waals surface area contributed by atoms with Crippen LogP contribution in [0.2, 0.25) is 5.02 Å². The van der Waals surface area contributed by atoms with Gasteiger partial charge < -0.3 is 9.47 Å². The lowest BCUT2D eigenvalue weighted by atomic mass is 10.1. The first kappa shape index (κ1) is 22.0. The molecule has 7 nitrogen and oxygen atoms in total. The number of methoxy groups -OCH3 is 1. The van der Waals surface area contributed by atoms with Gasteiger partial charge in [0.1, 0.15) is 12.0 Å². The van der Waals surface area contributed by atoms with Crippen molar-refractivity contribution in [2.45, 2.75) is 12.0 Å². The number of anilines is 1. The number of non-ortho nitro benzene ring substituents is 1. The quantitative estimate of drug-likeness (QED) is 0.329. The third-order valence-electron chi connectivity index (χ3n) is 4.99. The van der Waals surface area contributed by atoms with Gasteiger partial charge in [-0.2, -0.15) is 0 Å². The van der Waals surface area contributed by atoms with Crippen molar-refractivity contribution in [3.63, 3.8) is 0 Å². The smallest absolute Gasteiger partial charge is 0.269 e. The molecule has 0 saturated carbocycles. The summed E-state index contributed by atoms with van der Waals surface area (Å²) >= 11 is 7.53. The summed E-state index contributed by atoms with van der Waals surface area (Å²) in [7, 11) is 1.56. The van der Waals surface area contributed by atoms with Crippen molar-refractivity contribution < 1.29 is 19.2 Å². The van der Waals surface area contributed by atoms with Crippen LogP contribution in [0, 0.1) is 10.1 Å². The SMILES string of the molecule is COc1cc([C@H]2SCC(=O)N2c2ccc(Cl)cc2)ccc1OCc1ccc([N+](=O)[O-])cc1. The number of rotatable bonds is 7. The van der Waals surface area contributed by atoms with Crippen LogP contribution in [0.15, 0.2) is 66.7 Å². The van der Waals surface area contributed by atoms with Crippen molar-refractivity contribution in [1.82, 2.24) is 0 Å². The number of amides is 1. The summed E-state index contributed by atoms with van der Waals surface area (Å²) in [4.78, 5) is 24.7. The van der Waals surface area contributed by atoms with E-state index in [1.165, 1.54) is 12.1 Å². The predicted molar refractivity (Wildman–Crippen MR) is 125 cm³/mol. The normalized spacial score (nSPS) is 15.6. The molecule has 1 aliphatic heterocycles. The number of nitro groups is 1. The Balaban J connectivity index is 1.53. The molecule has 1 amide bonds. The zero-order valence-corrected chi connectivity index (χ0v) is 18.6. The van der Waals surface area contributed by atoms with Crippen molar-refractivity contribution in [2.24, 2.45) is 0 Å². The highest BCUT2D eigenvalue weighted by Crippen LogP contribution is 2.44. The molecule has 0 aliphatic carbocycles. The maximum atomic E-state index is 12.6. The number of carbonyl (C=O) groups excluding carboxylic acids is 1. The summed E-state index contributed by atoms with van der Waals surface area (Å²) in [6.45, 7) is 0.237. The topological polar surface area (TPSA) is 81.9 Å². The van der Waals surface area contributed by atoms with E-state index >= 15 is 0 Å². The highest BCUT2D eigenvalue weighted by Gasteiger charge is 2.34. The minimum Gasteiger partial charge on any atom is -0.493 e. The fourth-order valence-electron chi connectivity index (χ4n) is 3.38. The summed E-state index contributed by atoms with van der Waals surface area (Å²) in [6.07, 6.45) is 0. The van der Waals surface area contributed by atoms with E-state index in [1.807, 2.05) is 30.3 Å². The molecule has 0 bridgehead atoms. The number of benzene rings is 3. The van der Waals surface area contributed by atoms with Gasteiger partial charge >= 0.3 is 0 Å². The van der Waals surface area contributed by atoms with Crippen molar-refractivity contribution >= 4 is 40.6 Å². The minimum atomic E-state index is -0.439. The van der Waals surface area contributed by atoms with Crippen molar-refractivity contribution in [3.8, 4) is 11.5 Å². The van der Waals surface area contributed by atoms with E-state index in [9.17, 15) is 14.9 Å². The Bertz CT molecular complexity index is 1140. The second-order valence-corrected chi connectivity index (χ2v) is 8.53. The predicted octanol–water partition coefficient (Wildman–Crippen LogP) is 5.61. The zero-order valence-electron chi connectivity index (χ0n) is 17.1. The van der Waals surface area contributed by atoms with E-state index in [2.05, 4.69) is 0 Å². The molecule has 1 aliphatic rings. The van der Waals surface area contributed by atoms with Gasteiger partial charge in [-0.3, -0.25) is 19.8 Å². The van der Waals surface area contributed by atoms with Crippen LogP contribution in [-0.4, -0.2) is 23.7 Å². The van der Waals surface area contributed by atoms with Crippen LogP contribution in [0.25, 0.3) is 0 Å². The molecule has 1 heterocycles. The molecule has 164 valence electrons. The molecular weight excluding hydrogens is 452 g/mol. The van der Waals surface area contributed by atoms with Crippen LogP contribution < -0.4 is 14.4 Å². The largest absolute Gasteiger partial charge is 0.493 e. The Morgan fingerprint density at radius 1 is 1.09 bits per heavy atom. The number of halogens is 1. The second-order valence-electron chi connectivity index (χ2n) is 7.03. The van der Waals surface area contributed by atoms with Crippen LogP contribution in [0.3, 0.4) is 0 Å². The number of nitrogens with zero attached hydrogens (tertiary/aromatic N) is 2. The van der Waals surface area contributed by atoms with Crippen LogP contribution in [0.4, 0.5) is 11.4 Å². The van der Waals surface area contributed by atoms with E-state index in [1.54, 1.807) is 48.0 Å². The van der Waals surface area contributed by atoms with Crippen LogP contribution in [-0.2, 0) is 11.4 Å². The van der Waals surface area contributed by atoms with Gasteiger partial charge in [0.25, 0.3) is 5.69 Å². The Hall–Kier alpha value is -3.23. The molecular formula is C23H19ClN2O5S. The summed E-state index contributed by atoms with van der Waals surface area (Å²) in [5.41, 5.74) is 2.53. The van der Waals surface area contributed by atoms with Crippen LogP contribution in [0.5, 0.6) is 11.5 Å². The maximum Gasteiger partial charge on any atom is 0.269 e. The number of ether oxygens (including phenoxy) is 2. The number of hydrogen-bond acceptors (Lipinski definition) is 6. The molecule has 0 N–H and O–H groups in total. The fraction of sp³-hybridized carbons (Fsp3) is 0.174. The molecule has 1 saturated heterocycles. The van der Waals surface area contributed by atoms with Crippen molar-refractivity contribution in [2.75, 3.05) is 17.8 Å². The third kappa shape index (κ3) is 4.66. The summed E-state index contributed by atoms with van der Waals surface area (Å²) < 4.78 is 11.4. The lowest BCUT2D eigenvalue weighted by Gasteiger charge is -2.25. The van der Waals surface area contributed by atoms with Gasteiger partial charge in [0.2, 0.25) is 5.91 Å². The van der Waals surface area contributed by atoms with Crippen LogP contribution in [0.1, 0.15) is 16.5 Å². The van der Waals surface area contributed by atoms with Crippen molar-refractivity contribution in [3.05, 3.63) is 93.0 Å². The fourth-order valence-corrected chi connectivity index (χ4v) is 4.68. The zero-order chi connectivity index (χ0) is 22.7. The van der Waals surface area contributed by atoms with Gasteiger partial charge in [-0.1, -0.05) is 17.7 Å². The molecule has 0 unspecified atom stereocenters. The minimum absolute atomic E-state index is 0.0276. The molecule has 4 rings (SSSR count). The third-order valence-corrected chi connectivity index (χ3v) is 6.45. The Morgan fingerprint density at radius 2 is 1.81 bits per heavy atom. The molecule has 9 heteroatoms. The molecule has 0 radical (unpaired) electrons. The lowest BCUT2D eigenvalue weighted by molar-refractivity contribution is -0.384. The van der Waals surface area contributed by atoms with Gasteiger partial charge in [0.05, 0.1) is 17.8 Å². The number of thioether (sulfide) groups is 1. The first-order chi connectivity index (χ1) is 15.5. The molecule has 3 aromatic carbocycles. The molecule has 32 heavy (non-hydrogen) atoms. The lowest BCUT2D eigenvalue weighted by Crippen LogP contribution is -2.27. The number of hydrogen-bond donors (Lipinski definition) is 0. The first-order valence-corrected chi connectivity index (χ1v) is 11.1. The Labute approximate surface area is 194 Å². The van der Waals surface area contributed by atoms with Gasteiger partial charge in [-0.05, 0) is 59.7 Å². The molecule has 3 aromatic rings. The van der Waals surface area contributed by atoms with E-state index < -0.39 is 4.92 Å². The first-order valence-electron chi connectivity index (χ1n) is 9.69. The van der Waals surface area contributed by atoms with Gasteiger partial charge in [-0.25, -0.2) is 0 Å². The maximum absolute atomic E-state index is 12.6. The summed E-state index contributed by atoms with van der Waals surface area (Å²) in [5.74, 6) is 1.50. The molecule has 0 aromatic heterocycles. The van der Waals surface area contributed by atoms with Gasteiger partial charge in [-0.15, -0.1) is 11.8 Å². The highest BCUT2D eigenvalue weighted by atomic mass is 35.5. The monoisotopic (exact) mass is 470 g/mol. The molecule has 0 spiro atoms. The van der Waals surface area contributed by atoms with E-state index in [0.717, 1.165) is 16.8 Å².